The first kappa shape index (κ1) is 11.1. The molecule has 0 radical (unpaired) electrons. The molecule has 1 rings (SSSR count). The van der Waals surface area contributed by atoms with Crippen molar-refractivity contribution in [3.8, 4) is 0 Å². The smallest absolute Gasteiger partial charge is 0.200 e. The normalized spacial score (nSPS) is 9.73. The predicted octanol–water partition coefficient (Wildman–Crippen LogP) is 0.471. The van der Waals surface area contributed by atoms with Gasteiger partial charge in [-0.05, 0) is 6.07 Å². The summed E-state index contributed by atoms with van der Waals surface area (Å²) in [5, 5.41) is 14.9. The van der Waals surface area contributed by atoms with Crippen LogP contribution in [0.2, 0.25) is 0 Å². The molecule has 1 heterocycles. The van der Waals surface area contributed by atoms with E-state index in [1.807, 2.05) is 6.07 Å². The Hall–Kier alpha value is -1.98. The summed E-state index contributed by atoms with van der Waals surface area (Å²) in [4.78, 5) is 2.96. The zero-order valence-electron chi connectivity index (χ0n) is 8.82. The lowest BCUT2D eigenvalue weighted by Gasteiger charge is -2.26. The van der Waals surface area contributed by atoms with Crippen LogP contribution in [0.5, 0.6) is 0 Å². The molecule has 0 atom stereocenters. The van der Waals surface area contributed by atoms with Crippen molar-refractivity contribution >= 4 is 11.9 Å². The van der Waals surface area contributed by atoms with E-state index in [1.165, 1.54) is 4.90 Å². The van der Waals surface area contributed by atoms with Gasteiger partial charge in [-0.3, -0.25) is 15.7 Å². The van der Waals surface area contributed by atoms with Gasteiger partial charge in [0.25, 0.3) is 0 Å². The van der Waals surface area contributed by atoms with E-state index in [9.17, 15) is 0 Å². The second-order valence-electron chi connectivity index (χ2n) is 3.26. The van der Waals surface area contributed by atoms with Gasteiger partial charge in [0.1, 0.15) is 0 Å². The van der Waals surface area contributed by atoms with Gasteiger partial charge in [-0.15, -0.1) is 0 Å². The van der Waals surface area contributed by atoms with E-state index < -0.39 is 0 Å². The lowest BCUT2D eigenvalue weighted by atomic mass is 10.3. The number of guanidine groups is 2. The molecule has 4 N–H and O–H groups in total. The van der Waals surface area contributed by atoms with Crippen LogP contribution in [0.4, 0.5) is 0 Å². The average molecular weight is 209 g/mol. The maximum absolute atomic E-state index is 7.73. The summed E-state index contributed by atoms with van der Waals surface area (Å²) in [5.41, 5.74) is 6.24. The van der Waals surface area contributed by atoms with E-state index in [1.54, 1.807) is 31.5 Å². The van der Waals surface area contributed by atoms with E-state index in [-0.39, 0.29) is 11.9 Å². The molecule has 0 saturated carbocycles. The molecule has 6 nitrogen and oxygen atoms in total. The fourth-order valence-corrected chi connectivity index (χ4v) is 1.10. The highest BCUT2D eigenvalue weighted by molar-refractivity contribution is 5.94. The number of hydrogen-bond donors (Lipinski definition) is 3. The van der Waals surface area contributed by atoms with Crippen LogP contribution in [-0.4, -0.2) is 35.8 Å². The molecular formula is C9H15N5O. The molecule has 0 fully saturated rings. The van der Waals surface area contributed by atoms with E-state index in [2.05, 4.69) is 0 Å². The van der Waals surface area contributed by atoms with Crippen LogP contribution < -0.4 is 5.73 Å². The van der Waals surface area contributed by atoms with Crippen molar-refractivity contribution in [3.05, 3.63) is 24.2 Å². The molecule has 0 aliphatic rings. The molecule has 0 aliphatic carbocycles. The summed E-state index contributed by atoms with van der Waals surface area (Å²) < 4.78 is 4.93. The van der Waals surface area contributed by atoms with Crippen molar-refractivity contribution in [2.45, 2.75) is 6.54 Å². The quantitative estimate of drug-likeness (QED) is 0.487. The van der Waals surface area contributed by atoms with Crippen LogP contribution in [0.3, 0.4) is 0 Å². The summed E-state index contributed by atoms with van der Waals surface area (Å²) in [5.74, 6) is 0.0164. The molecule has 1 aromatic heterocycles. The van der Waals surface area contributed by atoms with Crippen molar-refractivity contribution in [1.82, 2.24) is 9.80 Å². The Kier molecular flexibility index (Phi) is 3.33. The molecule has 82 valence electrons. The second kappa shape index (κ2) is 4.50. The van der Waals surface area contributed by atoms with Crippen LogP contribution in [0, 0.1) is 10.8 Å². The highest BCUT2D eigenvalue weighted by atomic mass is 16.3. The summed E-state index contributed by atoms with van der Waals surface area (Å²) in [6.07, 6.45) is 3.21. The van der Waals surface area contributed by atoms with E-state index in [4.69, 9.17) is 21.0 Å². The van der Waals surface area contributed by atoms with Crippen LogP contribution in [0.15, 0.2) is 23.0 Å². The van der Waals surface area contributed by atoms with Crippen molar-refractivity contribution in [1.29, 1.82) is 10.8 Å². The van der Waals surface area contributed by atoms with E-state index >= 15 is 0 Å². The zero-order valence-corrected chi connectivity index (χ0v) is 8.82. The Labute approximate surface area is 88.3 Å². The summed E-state index contributed by atoms with van der Waals surface area (Å²) in [7, 11) is 3.34. The standard InChI is InChI=1S/C9H15N5O/c1-13(5-7-3-4-15-6-7)9(12)14(2)8(10)11/h3-4,6,12H,5H2,1-2H3,(H3,10,11). The minimum atomic E-state index is -0.154. The third kappa shape index (κ3) is 2.73. The van der Waals surface area contributed by atoms with Crippen molar-refractivity contribution in [2.75, 3.05) is 14.1 Å². The maximum Gasteiger partial charge on any atom is 0.200 e. The van der Waals surface area contributed by atoms with Gasteiger partial charge in [-0.2, -0.15) is 0 Å². The third-order valence-corrected chi connectivity index (χ3v) is 2.04. The van der Waals surface area contributed by atoms with Crippen molar-refractivity contribution in [2.24, 2.45) is 5.73 Å². The third-order valence-electron chi connectivity index (χ3n) is 2.04. The lowest BCUT2D eigenvalue weighted by molar-refractivity contribution is 0.437. The fourth-order valence-electron chi connectivity index (χ4n) is 1.10. The van der Waals surface area contributed by atoms with Gasteiger partial charge in [0.15, 0.2) is 11.9 Å². The summed E-state index contributed by atoms with van der Waals surface area (Å²) in [6.45, 7) is 0.549. The molecule has 0 aromatic carbocycles. The van der Waals surface area contributed by atoms with Gasteiger partial charge >= 0.3 is 0 Å². The monoisotopic (exact) mass is 209 g/mol. The van der Waals surface area contributed by atoms with E-state index in [0.29, 0.717) is 6.54 Å². The number of hydrogen-bond acceptors (Lipinski definition) is 3. The van der Waals surface area contributed by atoms with Gasteiger partial charge in [0.2, 0.25) is 0 Å². The van der Waals surface area contributed by atoms with Crippen LogP contribution in [0.1, 0.15) is 5.56 Å². The van der Waals surface area contributed by atoms with Crippen LogP contribution in [0.25, 0.3) is 0 Å². The average Bonchev–Trinajstić information content (AvgIpc) is 2.67. The van der Waals surface area contributed by atoms with Gasteiger partial charge in [-0.25, -0.2) is 0 Å². The molecule has 15 heavy (non-hydrogen) atoms. The molecule has 0 spiro atoms. The number of nitrogens with two attached hydrogens (primary N) is 1. The first-order valence-corrected chi connectivity index (χ1v) is 4.41. The lowest BCUT2D eigenvalue weighted by Crippen LogP contribution is -2.45. The first-order valence-electron chi connectivity index (χ1n) is 4.41. The summed E-state index contributed by atoms with van der Waals surface area (Å²) >= 11 is 0. The molecule has 0 aliphatic heterocycles. The molecule has 0 unspecified atom stereocenters. The molecular weight excluding hydrogens is 194 g/mol. The number of furan rings is 1. The van der Waals surface area contributed by atoms with Gasteiger partial charge in [0.05, 0.1) is 12.5 Å². The second-order valence-corrected chi connectivity index (χ2v) is 3.26. The van der Waals surface area contributed by atoms with Crippen LogP contribution in [-0.2, 0) is 6.54 Å². The number of nitrogens with zero attached hydrogens (tertiary/aromatic N) is 2. The Balaban J connectivity index is 2.57. The molecule has 6 heteroatoms. The minimum absolute atomic E-state index is 0.154. The van der Waals surface area contributed by atoms with Crippen LogP contribution >= 0.6 is 0 Å². The zero-order chi connectivity index (χ0) is 11.4. The van der Waals surface area contributed by atoms with Gasteiger partial charge in [-0.1, -0.05) is 0 Å². The Morgan fingerprint density at radius 3 is 2.60 bits per heavy atom. The Morgan fingerprint density at radius 2 is 2.13 bits per heavy atom. The molecule has 0 amide bonds. The predicted molar refractivity (Wildman–Crippen MR) is 57.6 cm³/mol. The number of rotatable bonds is 2. The Morgan fingerprint density at radius 1 is 1.47 bits per heavy atom. The van der Waals surface area contributed by atoms with Crippen molar-refractivity contribution in [3.63, 3.8) is 0 Å². The maximum atomic E-state index is 7.73. The highest BCUT2D eigenvalue weighted by Crippen LogP contribution is 2.04. The SMILES string of the molecule is CN(Cc1ccoc1)C(=N)N(C)C(=N)N. The van der Waals surface area contributed by atoms with E-state index in [0.717, 1.165) is 5.56 Å². The Bertz CT molecular complexity index is 345. The minimum Gasteiger partial charge on any atom is -0.472 e. The first-order chi connectivity index (χ1) is 7.02. The molecule has 0 saturated heterocycles. The van der Waals surface area contributed by atoms with Crippen molar-refractivity contribution < 1.29 is 4.42 Å². The van der Waals surface area contributed by atoms with Gasteiger partial charge < -0.3 is 15.1 Å². The molecule has 0 bridgehead atoms. The highest BCUT2D eigenvalue weighted by Gasteiger charge is 2.12. The topological polar surface area (TPSA) is 93.3 Å². The van der Waals surface area contributed by atoms with Gasteiger partial charge in [0, 0.05) is 26.2 Å². The largest absolute Gasteiger partial charge is 0.472 e. The fraction of sp³-hybridized carbons (Fsp3) is 0.333. The summed E-state index contributed by atoms with van der Waals surface area (Å²) in [6, 6.07) is 1.83. The number of nitrogens with one attached hydrogen (secondary N) is 2. The molecule has 1 aromatic rings.